The summed E-state index contributed by atoms with van der Waals surface area (Å²) in [6.07, 6.45) is 0. The van der Waals surface area contributed by atoms with Gasteiger partial charge in [0.25, 0.3) is 5.78 Å². The Morgan fingerprint density at radius 2 is 1.90 bits per heavy atom. The van der Waals surface area contributed by atoms with Crippen LogP contribution in [0.15, 0.2) is 18.2 Å². The molecule has 1 heterocycles. The summed E-state index contributed by atoms with van der Waals surface area (Å²) < 4.78 is 6.72. The van der Waals surface area contributed by atoms with Gasteiger partial charge < -0.3 is 9.30 Å². The number of carbonyl (C=O) groups is 2. The molecule has 20 heavy (non-hydrogen) atoms. The molecule has 0 saturated carbocycles. The first-order valence-electron chi connectivity index (χ1n) is 6.82. The minimum atomic E-state index is -0.786. The van der Waals surface area contributed by atoms with E-state index < -0.39 is 11.8 Å². The number of rotatable bonds is 4. The number of Topliss-reactive ketones (excluding diaryl/α,β-unsaturated/α-hetero) is 1. The molecule has 0 atom stereocenters. The van der Waals surface area contributed by atoms with Crippen LogP contribution in [0.2, 0.25) is 0 Å². The highest BCUT2D eigenvalue weighted by molar-refractivity contribution is 6.41. The quantitative estimate of drug-likeness (QED) is 0.489. The number of aromatic nitrogens is 1. The van der Waals surface area contributed by atoms with Gasteiger partial charge in [-0.3, -0.25) is 4.79 Å². The van der Waals surface area contributed by atoms with Gasteiger partial charge in [-0.2, -0.15) is 0 Å². The van der Waals surface area contributed by atoms with Crippen molar-refractivity contribution in [3.8, 4) is 0 Å². The fourth-order valence-electron chi connectivity index (χ4n) is 2.72. The number of ether oxygens (including phenoxy) is 1. The van der Waals surface area contributed by atoms with Crippen molar-refractivity contribution in [2.45, 2.75) is 34.2 Å². The summed E-state index contributed by atoms with van der Waals surface area (Å²) >= 11 is 0. The summed E-state index contributed by atoms with van der Waals surface area (Å²) in [5, 5.41) is 1.04. The Labute approximate surface area is 118 Å². The summed E-state index contributed by atoms with van der Waals surface area (Å²) in [5.41, 5.74) is 3.37. The average molecular weight is 273 g/mol. The van der Waals surface area contributed by atoms with Crippen molar-refractivity contribution >= 4 is 22.7 Å². The van der Waals surface area contributed by atoms with Gasteiger partial charge in [0, 0.05) is 17.4 Å². The maximum Gasteiger partial charge on any atom is 0.381 e. The monoisotopic (exact) mass is 273 g/mol. The van der Waals surface area contributed by atoms with Gasteiger partial charge in [-0.05, 0) is 44.9 Å². The van der Waals surface area contributed by atoms with E-state index in [2.05, 4.69) is 0 Å². The van der Waals surface area contributed by atoms with Gasteiger partial charge in [-0.1, -0.05) is 12.1 Å². The molecule has 1 aromatic heterocycles. The SMILES string of the molecule is CCOC(=O)C(=O)c1c(C)c2c(C)cccc2n1CC. The van der Waals surface area contributed by atoms with Gasteiger partial charge in [0.05, 0.1) is 6.61 Å². The summed E-state index contributed by atoms with van der Waals surface area (Å²) in [5.74, 6) is -1.35. The lowest BCUT2D eigenvalue weighted by Gasteiger charge is -2.07. The zero-order valence-electron chi connectivity index (χ0n) is 12.3. The van der Waals surface area contributed by atoms with Crippen LogP contribution in [0.5, 0.6) is 0 Å². The largest absolute Gasteiger partial charge is 0.460 e. The van der Waals surface area contributed by atoms with E-state index in [9.17, 15) is 9.59 Å². The zero-order valence-corrected chi connectivity index (χ0v) is 12.3. The van der Waals surface area contributed by atoms with Crippen LogP contribution < -0.4 is 0 Å². The van der Waals surface area contributed by atoms with Gasteiger partial charge in [0.1, 0.15) is 5.69 Å². The molecular weight excluding hydrogens is 254 g/mol. The van der Waals surface area contributed by atoms with Crippen molar-refractivity contribution < 1.29 is 14.3 Å². The number of aryl methyl sites for hydroxylation is 3. The maximum atomic E-state index is 12.3. The van der Waals surface area contributed by atoms with E-state index in [-0.39, 0.29) is 6.61 Å². The van der Waals surface area contributed by atoms with Crippen molar-refractivity contribution in [2.24, 2.45) is 0 Å². The van der Waals surface area contributed by atoms with Crippen molar-refractivity contribution in [3.05, 3.63) is 35.0 Å². The molecule has 0 amide bonds. The Hall–Kier alpha value is -2.10. The molecule has 2 rings (SSSR count). The summed E-state index contributed by atoms with van der Waals surface area (Å²) in [6, 6.07) is 5.94. The fraction of sp³-hybridized carbons (Fsp3) is 0.375. The highest BCUT2D eigenvalue weighted by atomic mass is 16.5. The van der Waals surface area contributed by atoms with Gasteiger partial charge in [-0.25, -0.2) is 4.79 Å². The first kappa shape index (κ1) is 14.3. The third kappa shape index (κ3) is 2.11. The van der Waals surface area contributed by atoms with Crippen molar-refractivity contribution in [3.63, 3.8) is 0 Å². The van der Waals surface area contributed by atoms with Crippen molar-refractivity contribution in [1.82, 2.24) is 4.57 Å². The highest BCUT2D eigenvalue weighted by Gasteiger charge is 2.26. The van der Waals surface area contributed by atoms with E-state index in [0.717, 1.165) is 22.0 Å². The first-order chi connectivity index (χ1) is 9.52. The number of hydrogen-bond donors (Lipinski definition) is 0. The predicted octanol–water partition coefficient (Wildman–Crippen LogP) is 3.02. The van der Waals surface area contributed by atoms with E-state index in [1.807, 2.05) is 43.5 Å². The molecule has 0 radical (unpaired) electrons. The smallest absolute Gasteiger partial charge is 0.381 e. The Morgan fingerprint density at radius 1 is 1.20 bits per heavy atom. The lowest BCUT2D eigenvalue weighted by atomic mass is 10.1. The lowest BCUT2D eigenvalue weighted by molar-refractivity contribution is -0.137. The number of nitrogens with zero attached hydrogens (tertiary/aromatic N) is 1. The molecule has 0 aliphatic carbocycles. The van der Waals surface area contributed by atoms with Gasteiger partial charge >= 0.3 is 5.97 Å². The van der Waals surface area contributed by atoms with Crippen LogP contribution in [0.25, 0.3) is 10.9 Å². The molecule has 2 aromatic rings. The molecule has 0 N–H and O–H groups in total. The first-order valence-corrected chi connectivity index (χ1v) is 6.82. The molecule has 4 heteroatoms. The van der Waals surface area contributed by atoms with Crippen LogP contribution in [-0.2, 0) is 16.1 Å². The van der Waals surface area contributed by atoms with Crippen LogP contribution in [-0.4, -0.2) is 22.9 Å². The number of esters is 1. The van der Waals surface area contributed by atoms with Crippen LogP contribution in [0.3, 0.4) is 0 Å². The zero-order chi connectivity index (χ0) is 14.9. The highest BCUT2D eigenvalue weighted by Crippen LogP contribution is 2.28. The Balaban J connectivity index is 2.70. The molecule has 1 aromatic carbocycles. The van der Waals surface area contributed by atoms with Crippen LogP contribution in [0, 0.1) is 13.8 Å². The lowest BCUT2D eigenvalue weighted by Crippen LogP contribution is -2.21. The molecule has 106 valence electrons. The molecule has 0 bridgehead atoms. The van der Waals surface area contributed by atoms with E-state index >= 15 is 0 Å². The molecule has 0 unspecified atom stereocenters. The Morgan fingerprint density at radius 3 is 2.50 bits per heavy atom. The number of carbonyl (C=O) groups excluding carboxylic acids is 2. The van der Waals surface area contributed by atoms with E-state index in [1.54, 1.807) is 6.92 Å². The van der Waals surface area contributed by atoms with Crippen LogP contribution in [0.4, 0.5) is 0 Å². The van der Waals surface area contributed by atoms with E-state index in [4.69, 9.17) is 4.74 Å². The molecule has 0 spiro atoms. The third-order valence-electron chi connectivity index (χ3n) is 3.53. The fourth-order valence-corrected chi connectivity index (χ4v) is 2.72. The minimum Gasteiger partial charge on any atom is -0.460 e. The standard InChI is InChI=1S/C16H19NO3/c1-5-17-12-9-7-8-10(3)13(12)11(4)14(17)15(18)16(19)20-6-2/h7-9H,5-6H2,1-4H3. The maximum absolute atomic E-state index is 12.3. The van der Waals surface area contributed by atoms with Gasteiger partial charge in [0.15, 0.2) is 0 Å². The summed E-state index contributed by atoms with van der Waals surface area (Å²) in [7, 11) is 0. The summed E-state index contributed by atoms with van der Waals surface area (Å²) in [4.78, 5) is 24.1. The average Bonchev–Trinajstić information content (AvgIpc) is 2.72. The predicted molar refractivity (Wildman–Crippen MR) is 78.0 cm³/mol. The van der Waals surface area contributed by atoms with E-state index in [0.29, 0.717) is 12.2 Å². The molecule has 4 nitrogen and oxygen atoms in total. The molecule has 0 saturated heterocycles. The normalized spacial score (nSPS) is 10.8. The number of hydrogen-bond acceptors (Lipinski definition) is 3. The Bertz CT molecular complexity index is 683. The van der Waals surface area contributed by atoms with Gasteiger partial charge in [0.2, 0.25) is 0 Å². The summed E-state index contributed by atoms with van der Waals surface area (Å²) in [6.45, 7) is 8.38. The molecular formula is C16H19NO3. The van der Waals surface area contributed by atoms with Gasteiger partial charge in [-0.15, -0.1) is 0 Å². The topological polar surface area (TPSA) is 48.3 Å². The number of benzene rings is 1. The second kappa shape index (κ2) is 5.49. The Kier molecular flexibility index (Phi) is 3.93. The minimum absolute atomic E-state index is 0.203. The van der Waals surface area contributed by atoms with Crippen molar-refractivity contribution in [1.29, 1.82) is 0 Å². The van der Waals surface area contributed by atoms with E-state index in [1.165, 1.54) is 0 Å². The van der Waals surface area contributed by atoms with Crippen LogP contribution >= 0.6 is 0 Å². The molecule has 0 aliphatic rings. The van der Waals surface area contributed by atoms with Crippen molar-refractivity contribution in [2.75, 3.05) is 6.61 Å². The third-order valence-corrected chi connectivity index (χ3v) is 3.53. The molecule has 0 fully saturated rings. The second-order valence-corrected chi connectivity index (χ2v) is 4.74. The number of ketones is 1. The molecule has 0 aliphatic heterocycles. The van der Waals surface area contributed by atoms with Crippen LogP contribution in [0.1, 0.15) is 35.5 Å². The second-order valence-electron chi connectivity index (χ2n) is 4.74. The number of fused-ring (bicyclic) bond motifs is 1.